The molecule has 2 heterocycles. The van der Waals surface area contributed by atoms with E-state index < -0.39 is 0 Å². The van der Waals surface area contributed by atoms with E-state index in [9.17, 15) is 4.79 Å². The third kappa shape index (κ3) is 3.71. The highest BCUT2D eigenvalue weighted by Crippen LogP contribution is 2.44. The number of H-pyrrole nitrogens is 1. The van der Waals surface area contributed by atoms with Crippen LogP contribution in [0.5, 0.6) is 5.75 Å². The van der Waals surface area contributed by atoms with Crippen molar-refractivity contribution in [2.24, 2.45) is 0 Å². The second-order valence-electron chi connectivity index (χ2n) is 6.60. The van der Waals surface area contributed by atoms with E-state index in [1.54, 1.807) is 11.8 Å². The number of nitrogens with zero attached hydrogens (tertiary/aromatic N) is 1. The Bertz CT molecular complexity index is 938. The van der Waals surface area contributed by atoms with E-state index in [-0.39, 0.29) is 16.4 Å². The molecule has 1 amide bonds. The molecular weight excluding hydrogens is 358 g/mol. The number of thioether (sulfide) groups is 1. The molecule has 1 aliphatic rings. The number of rotatable bonds is 4. The molecule has 4 rings (SSSR count). The predicted octanol–water partition coefficient (Wildman–Crippen LogP) is 4.46. The molecule has 0 fully saturated rings. The number of anilines is 1. The van der Waals surface area contributed by atoms with Crippen LogP contribution in [-0.2, 0) is 11.4 Å². The van der Waals surface area contributed by atoms with Gasteiger partial charge >= 0.3 is 0 Å². The van der Waals surface area contributed by atoms with E-state index in [0.29, 0.717) is 12.4 Å². The smallest absolute Gasteiger partial charge is 0.238 e. The number of aromatic amines is 1. The van der Waals surface area contributed by atoms with Crippen molar-refractivity contribution in [3.8, 4) is 5.75 Å². The van der Waals surface area contributed by atoms with Crippen LogP contribution in [0.1, 0.15) is 34.6 Å². The average Bonchev–Trinajstić information content (AvgIpc) is 2.99. The molecule has 0 spiro atoms. The summed E-state index contributed by atoms with van der Waals surface area (Å²) in [6, 6.07) is 18.2. The highest BCUT2D eigenvalue weighted by atomic mass is 32.2. The molecule has 1 aliphatic heterocycles. The highest BCUT2D eigenvalue weighted by Gasteiger charge is 2.32. The molecule has 0 saturated carbocycles. The highest BCUT2D eigenvalue weighted by molar-refractivity contribution is 8.01. The van der Waals surface area contributed by atoms with E-state index in [1.807, 2.05) is 56.3 Å². The number of fused-ring (bicyclic) bond motifs is 1. The van der Waals surface area contributed by atoms with Gasteiger partial charge in [0.2, 0.25) is 5.91 Å². The quantitative estimate of drug-likeness (QED) is 0.702. The number of hydrogen-bond donors (Lipinski definition) is 2. The molecule has 0 unspecified atom stereocenters. The van der Waals surface area contributed by atoms with E-state index in [2.05, 4.69) is 27.6 Å². The molecule has 0 aliphatic carbocycles. The number of benzene rings is 2. The van der Waals surface area contributed by atoms with Crippen LogP contribution in [-0.4, -0.2) is 21.4 Å². The first kappa shape index (κ1) is 17.7. The van der Waals surface area contributed by atoms with Crippen molar-refractivity contribution in [2.75, 3.05) is 5.32 Å². The number of aryl methyl sites for hydroxylation is 1. The standard InChI is InChI=1S/C21H21N3O2S/c1-13-18-19(27-14(2)21(25)22-20(18)24-23-13)16-8-10-17(11-9-16)26-12-15-6-4-3-5-7-15/h3-11,14,19H,12H2,1-2H3,(H2,22,23,24,25)/t14-,19+/m1/s1. The summed E-state index contributed by atoms with van der Waals surface area (Å²) in [7, 11) is 0. The van der Waals surface area contributed by atoms with E-state index in [4.69, 9.17) is 4.74 Å². The van der Waals surface area contributed by atoms with Crippen LogP contribution < -0.4 is 10.1 Å². The van der Waals surface area contributed by atoms with Crippen molar-refractivity contribution in [1.29, 1.82) is 0 Å². The number of aromatic nitrogens is 2. The van der Waals surface area contributed by atoms with Crippen molar-refractivity contribution in [3.63, 3.8) is 0 Å². The predicted molar refractivity (Wildman–Crippen MR) is 108 cm³/mol. The van der Waals surface area contributed by atoms with Gasteiger partial charge in [0.15, 0.2) is 5.82 Å². The second kappa shape index (κ2) is 7.48. The third-order valence-corrected chi connectivity index (χ3v) is 6.04. The van der Waals surface area contributed by atoms with Gasteiger partial charge in [-0.25, -0.2) is 0 Å². The molecule has 3 aromatic rings. The molecule has 0 radical (unpaired) electrons. The Labute approximate surface area is 162 Å². The van der Waals surface area contributed by atoms with Crippen LogP contribution in [0.15, 0.2) is 54.6 Å². The minimum Gasteiger partial charge on any atom is -0.489 e. The lowest BCUT2D eigenvalue weighted by Gasteiger charge is -2.18. The summed E-state index contributed by atoms with van der Waals surface area (Å²) in [6.07, 6.45) is 0. The van der Waals surface area contributed by atoms with Gasteiger partial charge in [0.25, 0.3) is 0 Å². The number of carbonyl (C=O) groups excluding carboxylic acids is 1. The van der Waals surface area contributed by atoms with Gasteiger partial charge in [-0.3, -0.25) is 9.89 Å². The topological polar surface area (TPSA) is 67.0 Å². The Morgan fingerprint density at radius 3 is 2.59 bits per heavy atom. The summed E-state index contributed by atoms with van der Waals surface area (Å²) >= 11 is 1.63. The maximum Gasteiger partial charge on any atom is 0.238 e. The largest absolute Gasteiger partial charge is 0.489 e. The summed E-state index contributed by atoms with van der Waals surface area (Å²) in [5.74, 6) is 1.44. The van der Waals surface area contributed by atoms with Crippen molar-refractivity contribution < 1.29 is 9.53 Å². The third-order valence-electron chi connectivity index (χ3n) is 4.64. The molecule has 2 atom stereocenters. The van der Waals surface area contributed by atoms with Crippen molar-refractivity contribution in [3.05, 3.63) is 77.0 Å². The van der Waals surface area contributed by atoms with Crippen LogP contribution >= 0.6 is 11.8 Å². The molecule has 138 valence electrons. The van der Waals surface area contributed by atoms with Crippen LogP contribution in [0.2, 0.25) is 0 Å². The zero-order valence-electron chi connectivity index (χ0n) is 15.2. The van der Waals surface area contributed by atoms with Gasteiger partial charge in [0.05, 0.1) is 10.5 Å². The molecule has 27 heavy (non-hydrogen) atoms. The summed E-state index contributed by atoms with van der Waals surface area (Å²) < 4.78 is 5.88. The number of amides is 1. The SMILES string of the molecule is Cc1[nH]nc2c1[C@H](c1ccc(OCc3ccccc3)cc1)S[C@H](C)C(=O)N2. The number of nitrogens with one attached hydrogen (secondary N) is 2. The fraction of sp³-hybridized carbons (Fsp3) is 0.238. The first-order valence-electron chi connectivity index (χ1n) is 8.89. The molecule has 5 nitrogen and oxygen atoms in total. The fourth-order valence-electron chi connectivity index (χ4n) is 3.13. The Balaban J connectivity index is 1.56. The summed E-state index contributed by atoms with van der Waals surface area (Å²) in [4.78, 5) is 12.2. The van der Waals surface area contributed by atoms with Gasteiger partial charge in [-0.2, -0.15) is 5.10 Å². The molecule has 6 heteroatoms. The summed E-state index contributed by atoms with van der Waals surface area (Å²) in [5, 5.41) is 10.1. The van der Waals surface area contributed by atoms with Gasteiger partial charge in [0.1, 0.15) is 12.4 Å². The summed E-state index contributed by atoms with van der Waals surface area (Å²) in [5.41, 5.74) is 4.27. The molecule has 1 aromatic heterocycles. The van der Waals surface area contributed by atoms with Gasteiger partial charge in [-0.05, 0) is 37.1 Å². The van der Waals surface area contributed by atoms with Gasteiger partial charge in [0, 0.05) is 11.3 Å². The first-order valence-corrected chi connectivity index (χ1v) is 9.84. The zero-order valence-corrected chi connectivity index (χ0v) is 16.0. The lowest BCUT2D eigenvalue weighted by atomic mass is 10.0. The van der Waals surface area contributed by atoms with E-state index in [0.717, 1.165) is 28.1 Å². The van der Waals surface area contributed by atoms with Crippen molar-refractivity contribution in [2.45, 2.75) is 31.0 Å². The van der Waals surface area contributed by atoms with Gasteiger partial charge < -0.3 is 10.1 Å². The molecule has 2 aromatic carbocycles. The van der Waals surface area contributed by atoms with Gasteiger partial charge in [-0.15, -0.1) is 11.8 Å². The first-order chi connectivity index (χ1) is 13.1. The lowest BCUT2D eigenvalue weighted by molar-refractivity contribution is -0.115. The number of hydrogen-bond acceptors (Lipinski definition) is 4. The van der Waals surface area contributed by atoms with Crippen LogP contribution in [0.25, 0.3) is 0 Å². The maximum atomic E-state index is 12.2. The molecule has 2 N–H and O–H groups in total. The normalized spacial score (nSPS) is 19.1. The van der Waals surface area contributed by atoms with Crippen LogP contribution in [0.4, 0.5) is 5.82 Å². The Morgan fingerprint density at radius 1 is 1.11 bits per heavy atom. The fourth-order valence-corrected chi connectivity index (χ4v) is 4.46. The van der Waals surface area contributed by atoms with E-state index >= 15 is 0 Å². The Morgan fingerprint density at radius 2 is 1.85 bits per heavy atom. The zero-order chi connectivity index (χ0) is 18.8. The van der Waals surface area contributed by atoms with Crippen LogP contribution in [0, 0.1) is 6.92 Å². The van der Waals surface area contributed by atoms with Gasteiger partial charge in [-0.1, -0.05) is 42.5 Å². The van der Waals surface area contributed by atoms with Crippen LogP contribution in [0.3, 0.4) is 0 Å². The second-order valence-corrected chi connectivity index (χ2v) is 8.05. The maximum absolute atomic E-state index is 12.2. The lowest BCUT2D eigenvalue weighted by Crippen LogP contribution is -2.21. The minimum atomic E-state index is -0.155. The number of carbonyl (C=O) groups is 1. The van der Waals surface area contributed by atoms with Crippen molar-refractivity contribution in [1.82, 2.24) is 10.2 Å². The van der Waals surface area contributed by atoms with Crippen molar-refractivity contribution >= 4 is 23.5 Å². The van der Waals surface area contributed by atoms with E-state index in [1.165, 1.54) is 0 Å². The molecule has 0 saturated heterocycles. The Kier molecular flexibility index (Phi) is 4.90. The monoisotopic (exact) mass is 379 g/mol. The summed E-state index contributed by atoms with van der Waals surface area (Å²) in [6.45, 7) is 4.45. The minimum absolute atomic E-state index is 0.0157. The number of ether oxygens (including phenoxy) is 1. The molecule has 0 bridgehead atoms. The average molecular weight is 379 g/mol. The Hall–Kier alpha value is -2.73. The molecular formula is C21H21N3O2S.